The summed E-state index contributed by atoms with van der Waals surface area (Å²) >= 11 is 3.45. The van der Waals surface area contributed by atoms with Crippen molar-refractivity contribution in [1.29, 1.82) is 0 Å². The van der Waals surface area contributed by atoms with Crippen molar-refractivity contribution in [1.82, 2.24) is 5.32 Å². The number of hydrogen-bond donors (Lipinski definition) is 1. The smallest absolute Gasteiger partial charge is 0.150 e. The van der Waals surface area contributed by atoms with Gasteiger partial charge in [-0.3, -0.25) is 0 Å². The third-order valence-corrected chi connectivity index (χ3v) is 6.25. The topological polar surface area (TPSA) is 46.2 Å². The van der Waals surface area contributed by atoms with Crippen molar-refractivity contribution in [2.24, 2.45) is 0 Å². The van der Waals surface area contributed by atoms with Gasteiger partial charge in [-0.2, -0.15) is 0 Å². The van der Waals surface area contributed by atoms with E-state index in [1.165, 1.54) is 5.56 Å². The Hall–Kier alpha value is -0.390. The van der Waals surface area contributed by atoms with E-state index < -0.39 is 9.84 Å². The Morgan fingerprint density at radius 3 is 2.37 bits per heavy atom. The molecule has 0 atom stereocenters. The van der Waals surface area contributed by atoms with Gasteiger partial charge in [-0.25, -0.2) is 8.42 Å². The molecule has 1 aromatic carbocycles. The molecule has 0 unspecified atom stereocenters. The molecule has 0 aliphatic carbocycles. The van der Waals surface area contributed by atoms with Crippen molar-refractivity contribution >= 4 is 25.8 Å². The van der Waals surface area contributed by atoms with Gasteiger partial charge in [-0.15, -0.1) is 0 Å². The monoisotopic (exact) mass is 345 g/mol. The van der Waals surface area contributed by atoms with Gasteiger partial charge in [0.25, 0.3) is 0 Å². The van der Waals surface area contributed by atoms with E-state index in [2.05, 4.69) is 45.5 Å². The van der Waals surface area contributed by atoms with Gasteiger partial charge in [0.05, 0.1) is 5.75 Å². The Labute approximate surface area is 123 Å². The fourth-order valence-electron chi connectivity index (χ4n) is 2.53. The highest BCUT2D eigenvalue weighted by molar-refractivity contribution is 9.10. The molecule has 1 aromatic rings. The molecule has 5 heteroatoms. The first-order valence-corrected chi connectivity index (χ1v) is 9.26. The third kappa shape index (κ3) is 3.58. The predicted octanol–water partition coefficient (Wildman–Crippen LogP) is 2.51. The lowest BCUT2D eigenvalue weighted by Crippen LogP contribution is -2.56. The Balaban J connectivity index is 2.01. The van der Waals surface area contributed by atoms with Crippen molar-refractivity contribution in [2.45, 2.75) is 25.2 Å². The summed E-state index contributed by atoms with van der Waals surface area (Å²) in [7, 11) is -2.84. The van der Waals surface area contributed by atoms with Crippen LogP contribution < -0.4 is 5.32 Å². The second kappa shape index (κ2) is 5.94. The minimum absolute atomic E-state index is 0.129. The van der Waals surface area contributed by atoms with Crippen LogP contribution in [0.2, 0.25) is 0 Å². The minimum atomic E-state index is -2.84. The standard InChI is InChI=1S/C14H20BrNO2S/c1-2-19(17,18)9-3-8-14(10-16-11-14)12-4-6-13(15)7-5-12/h4-7,16H,2-3,8-11H2,1H3. The Bertz CT molecular complexity index is 521. The summed E-state index contributed by atoms with van der Waals surface area (Å²) < 4.78 is 24.2. The summed E-state index contributed by atoms with van der Waals surface area (Å²) in [5, 5.41) is 3.32. The number of nitrogens with one attached hydrogen (secondary N) is 1. The lowest BCUT2D eigenvalue weighted by atomic mass is 9.72. The van der Waals surface area contributed by atoms with Crippen molar-refractivity contribution in [3.63, 3.8) is 0 Å². The molecule has 0 bridgehead atoms. The maximum Gasteiger partial charge on any atom is 0.150 e. The van der Waals surface area contributed by atoms with Crippen molar-refractivity contribution in [3.8, 4) is 0 Å². The first-order valence-electron chi connectivity index (χ1n) is 6.65. The Kier molecular flexibility index (Phi) is 4.69. The van der Waals surface area contributed by atoms with Gasteiger partial charge in [0, 0.05) is 28.7 Å². The van der Waals surface area contributed by atoms with Crippen LogP contribution in [0.15, 0.2) is 28.7 Å². The number of hydrogen-bond acceptors (Lipinski definition) is 3. The molecular weight excluding hydrogens is 326 g/mol. The quantitative estimate of drug-likeness (QED) is 0.861. The van der Waals surface area contributed by atoms with E-state index in [9.17, 15) is 8.42 Å². The lowest BCUT2D eigenvalue weighted by molar-refractivity contribution is 0.256. The number of sulfone groups is 1. The number of halogens is 1. The zero-order valence-corrected chi connectivity index (χ0v) is 13.6. The molecule has 0 spiro atoms. The van der Waals surface area contributed by atoms with E-state index in [4.69, 9.17) is 0 Å². The molecule has 0 radical (unpaired) electrons. The highest BCUT2D eigenvalue weighted by Crippen LogP contribution is 2.34. The predicted molar refractivity (Wildman–Crippen MR) is 82.3 cm³/mol. The SMILES string of the molecule is CCS(=O)(=O)CCCC1(c2ccc(Br)cc2)CNC1. The Morgan fingerprint density at radius 1 is 1.26 bits per heavy atom. The van der Waals surface area contributed by atoms with Crippen LogP contribution in [0.3, 0.4) is 0 Å². The van der Waals surface area contributed by atoms with E-state index in [0.29, 0.717) is 5.75 Å². The van der Waals surface area contributed by atoms with Crippen molar-refractivity contribution in [3.05, 3.63) is 34.3 Å². The molecule has 3 nitrogen and oxygen atoms in total. The van der Waals surface area contributed by atoms with Gasteiger partial charge in [-0.05, 0) is 30.5 Å². The van der Waals surface area contributed by atoms with Gasteiger partial charge in [0.15, 0.2) is 0 Å². The van der Waals surface area contributed by atoms with Gasteiger partial charge in [0.1, 0.15) is 9.84 Å². The Morgan fingerprint density at radius 2 is 1.89 bits per heavy atom. The first kappa shape index (κ1) is 15.0. The molecule has 0 amide bonds. The number of benzene rings is 1. The van der Waals surface area contributed by atoms with Gasteiger partial charge < -0.3 is 5.32 Å². The molecule has 1 N–H and O–H groups in total. The van der Waals surface area contributed by atoms with Crippen LogP contribution in [0.1, 0.15) is 25.3 Å². The van der Waals surface area contributed by atoms with E-state index in [1.807, 2.05) is 0 Å². The summed E-state index contributed by atoms with van der Waals surface area (Å²) in [4.78, 5) is 0. The molecule has 0 saturated carbocycles. The summed E-state index contributed by atoms with van der Waals surface area (Å²) in [6.45, 7) is 3.60. The molecule has 2 rings (SSSR count). The second-order valence-electron chi connectivity index (χ2n) is 5.23. The fourth-order valence-corrected chi connectivity index (χ4v) is 3.67. The summed E-state index contributed by atoms with van der Waals surface area (Å²) in [6.07, 6.45) is 1.68. The first-order chi connectivity index (χ1) is 8.97. The van der Waals surface area contributed by atoms with Crippen molar-refractivity contribution < 1.29 is 8.42 Å². The molecule has 1 saturated heterocycles. The van der Waals surface area contributed by atoms with Gasteiger partial charge in [-0.1, -0.05) is 35.0 Å². The average molecular weight is 346 g/mol. The summed E-state index contributed by atoms with van der Waals surface area (Å²) in [5.41, 5.74) is 1.44. The molecule has 1 heterocycles. The zero-order chi connectivity index (χ0) is 13.9. The number of rotatable bonds is 6. The van der Waals surface area contributed by atoms with E-state index >= 15 is 0 Å². The second-order valence-corrected chi connectivity index (χ2v) is 8.62. The van der Waals surface area contributed by atoms with Crippen molar-refractivity contribution in [2.75, 3.05) is 24.6 Å². The fraction of sp³-hybridized carbons (Fsp3) is 0.571. The van der Waals surface area contributed by atoms with E-state index in [-0.39, 0.29) is 11.2 Å². The maximum absolute atomic E-state index is 11.6. The highest BCUT2D eigenvalue weighted by atomic mass is 79.9. The molecule has 19 heavy (non-hydrogen) atoms. The lowest BCUT2D eigenvalue weighted by Gasteiger charge is -2.43. The largest absolute Gasteiger partial charge is 0.315 e. The van der Waals surface area contributed by atoms with Crippen LogP contribution in [-0.2, 0) is 15.3 Å². The zero-order valence-electron chi connectivity index (χ0n) is 11.2. The molecular formula is C14H20BrNO2S. The normalized spacial score (nSPS) is 18.0. The minimum Gasteiger partial charge on any atom is -0.315 e. The highest BCUT2D eigenvalue weighted by Gasteiger charge is 2.38. The molecule has 106 valence electrons. The van der Waals surface area contributed by atoms with Crippen LogP contribution in [0.25, 0.3) is 0 Å². The molecule has 1 aliphatic heterocycles. The van der Waals surface area contributed by atoms with Crippen LogP contribution in [0.5, 0.6) is 0 Å². The van der Waals surface area contributed by atoms with Crippen LogP contribution >= 0.6 is 15.9 Å². The third-order valence-electron chi connectivity index (χ3n) is 3.93. The maximum atomic E-state index is 11.6. The molecule has 0 aromatic heterocycles. The molecule has 1 fully saturated rings. The van der Waals surface area contributed by atoms with Gasteiger partial charge >= 0.3 is 0 Å². The van der Waals surface area contributed by atoms with Crippen LogP contribution in [0.4, 0.5) is 0 Å². The molecule has 1 aliphatic rings. The summed E-state index contributed by atoms with van der Waals surface area (Å²) in [5.74, 6) is 0.554. The average Bonchev–Trinajstić information content (AvgIpc) is 2.34. The van der Waals surface area contributed by atoms with Gasteiger partial charge in [0.2, 0.25) is 0 Å². The van der Waals surface area contributed by atoms with Crippen LogP contribution in [-0.4, -0.2) is 33.0 Å². The van der Waals surface area contributed by atoms with E-state index in [0.717, 1.165) is 30.4 Å². The summed E-state index contributed by atoms with van der Waals surface area (Å²) in [6, 6.07) is 8.38. The van der Waals surface area contributed by atoms with E-state index in [1.54, 1.807) is 6.92 Å². The van der Waals surface area contributed by atoms with Crippen LogP contribution in [0, 0.1) is 0 Å².